The first-order chi connectivity index (χ1) is 12.7. The Kier molecular flexibility index (Phi) is 4.83. The van der Waals surface area contributed by atoms with Gasteiger partial charge in [-0.25, -0.2) is 17.2 Å². The van der Waals surface area contributed by atoms with Crippen LogP contribution in [0.15, 0.2) is 47.4 Å². The molecule has 1 unspecified atom stereocenters. The van der Waals surface area contributed by atoms with Gasteiger partial charge in [-0.05, 0) is 36.4 Å². The van der Waals surface area contributed by atoms with Crippen LogP contribution in [0.4, 0.5) is 20.2 Å². The number of carboxylic acid groups (broad SMARTS) is 1. The highest BCUT2D eigenvalue weighted by molar-refractivity contribution is 7.92. The molecule has 2 N–H and O–H groups in total. The number of anilines is 2. The topological polar surface area (TPSA) is 104 Å². The van der Waals surface area contributed by atoms with Crippen LogP contribution in [-0.2, 0) is 19.6 Å². The number of halogens is 2. The van der Waals surface area contributed by atoms with E-state index in [1.54, 1.807) is 0 Å². The minimum Gasteiger partial charge on any atom is -0.481 e. The van der Waals surface area contributed by atoms with Crippen molar-refractivity contribution in [3.8, 4) is 0 Å². The number of benzene rings is 2. The molecule has 1 aliphatic heterocycles. The molecular weight excluding hydrogens is 382 g/mol. The summed E-state index contributed by atoms with van der Waals surface area (Å²) in [5.74, 6) is -4.53. The standard InChI is InChI=1S/C17H14F2N2O5S/c18-14-6-1-11(8-15(14)19)20-27(25,26)13-4-2-12(3-5-13)21-9-10(17(23)24)7-16(21)22/h1-6,8,10,20H,7,9H2,(H,23,24). The quantitative estimate of drug-likeness (QED) is 0.807. The first kappa shape index (κ1) is 18.8. The molecule has 2 aromatic carbocycles. The van der Waals surface area contributed by atoms with Gasteiger partial charge in [0.05, 0.1) is 16.5 Å². The van der Waals surface area contributed by atoms with Gasteiger partial charge in [-0.3, -0.25) is 14.3 Å². The molecule has 0 aromatic heterocycles. The van der Waals surface area contributed by atoms with Gasteiger partial charge in [-0.15, -0.1) is 0 Å². The van der Waals surface area contributed by atoms with E-state index in [1.807, 2.05) is 0 Å². The van der Waals surface area contributed by atoms with E-state index in [1.165, 1.54) is 29.2 Å². The molecule has 1 aliphatic rings. The predicted molar refractivity (Wildman–Crippen MR) is 91.7 cm³/mol. The fourth-order valence-corrected chi connectivity index (χ4v) is 3.75. The monoisotopic (exact) mass is 396 g/mol. The van der Waals surface area contributed by atoms with Gasteiger partial charge in [-0.1, -0.05) is 0 Å². The zero-order chi connectivity index (χ0) is 19.8. The molecule has 1 amide bonds. The van der Waals surface area contributed by atoms with Gasteiger partial charge in [0, 0.05) is 24.7 Å². The molecule has 1 heterocycles. The summed E-state index contributed by atoms with van der Waals surface area (Å²) in [4.78, 5) is 24.1. The number of hydrogen-bond donors (Lipinski definition) is 2. The highest BCUT2D eigenvalue weighted by atomic mass is 32.2. The Morgan fingerprint density at radius 2 is 1.78 bits per heavy atom. The Bertz CT molecular complexity index is 1010. The first-order valence-electron chi connectivity index (χ1n) is 7.78. The number of carboxylic acids is 1. The van der Waals surface area contributed by atoms with Gasteiger partial charge < -0.3 is 10.0 Å². The number of sulfonamides is 1. The molecule has 142 valence electrons. The van der Waals surface area contributed by atoms with Gasteiger partial charge in [0.1, 0.15) is 0 Å². The second-order valence-electron chi connectivity index (χ2n) is 5.97. The number of nitrogens with zero attached hydrogens (tertiary/aromatic N) is 1. The molecule has 0 spiro atoms. The fraction of sp³-hybridized carbons (Fsp3) is 0.176. The lowest BCUT2D eigenvalue weighted by Crippen LogP contribution is -2.25. The number of carbonyl (C=O) groups is 2. The van der Waals surface area contributed by atoms with Crippen LogP contribution < -0.4 is 9.62 Å². The van der Waals surface area contributed by atoms with E-state index in [2.05, 4.69) is 4.72 Å². The molecule has 1 saturated heterocycles. The maximum absolute atomic E-state index is 13.2. The molecular formula is C17H14F2N2O5S. The van der Waals surface area contributed by atoms with E-state index in [0.29, 0.717) is 5.69 Å². The largest absolute Gasteiger partial charge is 0.481 e. The molecule has 1 atom stereocenters. The van der Waals surface area contributed by atoms with Crippen LogP contribution in [0.5, 0.6) is 0 Å². The molecule has 3 rings (SSSR count). The van der Waals surface area contributed by atoms with Crippen LogP contribution in [0.2, 0.25) is 0 Å². The molecule has 2 aromatic rings. The SMILES string of the molecule is O=C(O)C1CC(=O)N(c2ccc(S(=O)(=O)Nc3ccc(F)c(F)c3)cc2)C1. The third kappa shape index (κ3) is 3.90. The van der Waals surface area contributed by atoms with E-state index < -0.39 is 33.5 Å². The number of carbonyl (C=O) groups excluding carboxylic acids is 1. The number of nitrogens with one attached hydrogen (secondary N) is 1. The molecule has 7 nitrogen and oxygen atoms in total. The van der Waals surface area contributed by atoms with E-state index in [9.17, 15) is 26.8 Å². The van der Waals surface area contributed by atoms with Crippen LogP contribution in [0.1, 0.15) is 6.42 Å². The molecule has 0 radical (unpaired) electrons. The Hall–Kier alpha value is -3.01. The lowest BCUT2D eigenvalue weighted by molar-refractivity contribution is -0.141. The van der Waals surface area contributed by atoms with Crippen molar-refractivity contribution in [2.45, 2.75) is 11.3 Å². The molecule has 10 heteroatoms. The van der Waals surface area contributed by atoms with E-state index in [0.717, 1.165) is 18.2 Å². The van der Waals surface area contributed by atoms with Gasteiger partial charge in [0.25, 0.3) is 10.0 Å². The van der Waals surface area contributed by atoms with Crippen molar-refractivity contribution in [1.82, 2.24) is 0 Å². The second-order valence-corrected chi connectivity index (χ2v) is 7.65. The minimum atomic E-state index is -4.06. The van der Waals surface area contributed by atoms with Crippen molar-refractivity contribution < 1.29 is 31.9 Å². The smallest absolute Gasteiger partial charge is 0.308 e. The molecule has 0 saturated carbocycles. The van der Waals surface area contributed by atoms with Crippen molar-refractivity contribution in [1.29, 1.82) is 0 Å². The van der Waals surface area contributed by atoms with Crippen LogP contribution in [0.3, 0.4) is 0 Å². The minimum absolute atomic E-state index is 0.00731. The van der Waals surface area contributed by atoms with Gasteiger partial charge in [0.15, 0.2) is 11.6 Å². The lowest BCUT2D eigenvalue weighted by Gasteiger charge is -2.16. The Morgan fingerprint density at radius 3 is 2.33 bits per heavy atom. The van der Waals surface area contributed by atoms with Gasteiger partial charge in [-0.2, -0.15) is 0 Å². The summed E-state index contributed by atoms with van der Waals surface area (Å²) in [5, 5.41) is 9.01. The average Bonchev–Trinajstić information content (AvgIpc) is 3.00. The second kappa shape index (κ2) is 6.95. The van der Waals surface area contributed by atoms with Crippen LogP contribution in [0.25, 0.3) is 0 Å². The summed E-state index contributed by atoms with van der Waals surface area (Å²) < 4.78 is 53.0. The van der Waals surface area contributed by atoms with E-state index >= 15 is 0 Å². The highest BCUT2D eigenvalue weighted by Gasteiger charge is 2.35. The Balaban J connectivity index is 1.79. The number of rotatable bonds is 5. The first-order valence-corrected chi connectivity index (χ1v) is 9.27. The van der Waals surface area contributed by atoms with Crippen molar-refractivity contribution >= 4 is 33.3 Å². The summed E-state index contributed by atoms with van der Waals surface area (Å²) in [5.41, 5.74) is 0.229. The summed E-state index contributed by atoms with van der Waals surface area (Å²) in [6.45, 7) is 0.00731. The molecule has 27 heavy (non-hydrogen) atoms. The number of aliphatic carboxylic acids is 1. The number of hydrogen-bond acceptors (Lipinski definition) is 4. The maximum atomic E-state index is 13.2. The summed E-state index contributed by atoms with van der Waals surface area (Å²) in [7, 11) is -4.06. The van der Waals surface area contributed by atoms with Crippen LogP contribution in [0, 0.1) is 17.6 Å². The Morgan fingerprint density at radius 1 is 1.11 bits per heavy atom. The Labute approximate surface area is 153 Å². The van der Waals surface area contributed by atoms with Gasteiger partial charge in [0.2, 0.25) is 5.91 Å². The van der Waals surface area contributed by atoms with Crippen LogP contribution in [-0.4, -0.2) is 31.9 Å². The van der Waals surface area contributed by atoms with Gasteiger partial charge >= 0.3 is 5.97 Å². The van der Waals surface area contributed by atoms with Crippen molar-refractivity contribution in [3.63, 3.8) is 0 Å². The third-order valence-electron chi connectivity index (χ3n) is 4.10. The van der Waals surface area contributed by atoms with Crippen molar-refractivity contribution in [2.75, 3.05) is 16.2 Å². The van der Waals surface area contributed by atoms with Crippen molar-refractivity contribution in [2.24, 2.45) is 5.92 Å². The summed E-state index contributed by atoms with van der Waals surface area (Å²) in [6.07, 6.45) is -0.118. The predicted octanol–water partition coefficient (Wildman–Crippen LogP) is 2.20. The average molecular weight is 396 g/mol. The zero-order valence-electron chi connectivity index (χ0n) is 13.7. The number of amides is 1. The summed E-state index contributed by atoms with van der Waals surface area (Å²) in [6, 6.07) is 7.82. The van der Waals surface area contributed by atoms with Crippen molar-refractivity contribution in [3.05, 3.63) is 54.1 Å². The molecule has 0 bridgehead atoms. The lowest BCUT2D eigenvalue weighted by atomic mass is 10.1. The third-order valence-corrected chi connectivity index (χ3v) is 5.50. The normalized spacial score (nSPS) is 17.2. The molecule has 0 aliphatic carbocycles. The van der Waals surface area contributed by atoms with E-state index in [4.69, 9.17) is 5.11 Å². The fourth-order valence-electron chi connectivity index (χ4n) is 2.70. The van der Waals surface area contributed by atoms with Crippen LogP contribution >= 0.6 is 0 Å². The summed E-state index contributed by atoms with van der Waals surface area (Å²) >= 11 is 0. The highest BCUT2D eigenvalue weighted by Crippen LogP contribution is 2.27. The van der Waals surface area contributed by atoms with E-state index in [-0.39, 0.29) is 29.5 Å². The zero-order valence-corrected chi connectivity index (χ0v) is 14.5. The molecule has 1 fully saturated rings. The maximum Gasteiger partial charge on any atom is 0.308 e.